The van der Waals surface area contributed by atoms with Gasteiger partial charge in [0.25, 0.3) is 5.91 Å². The maximum Gasteiger partial charge on any atom is 0.306 e. The van der Waals surface area contributed by atoms with E-state index in [4.69, 9.17) is 10.5 Å². The Bertz CT molecular complexity index is 1700. The standard InChI is InChI=1S/C34H38N4O7S/c1-3-31(37-18-16-36(17-19-37)25-8-5-4-6-9-25)46(43,44)26-14-12-24(13-15-26)22-45-30-11-7-10-27-28(30)21-38(33(27)40)29(32(35)39)20-23(2)34(41)42/h3-15,23,29,31H,1,16-22H2,2H3,(H2,35,39)(H,41,42). The van der Waals surface area contributed by atoms with Crippen LogP contribution in [-0.2, 0) is 32.6 Å². The highest BCUT2D eigenvalue weighted by Crippen LogP contribution is 2.34. The number of carboxylic acids is 1. The SMILES string of the molecule is C=CC(N1CCN(c2ccccc2)CC1)S(=O)(=O)c1ccc(COc2cccc3c2CN(C(CC(C)C(=O)O)C(N)=O)C3=O)cc1. The molecule has 1 fully saturated rings. The summed E-state index contributed by atoms with van der Waals surface area (Å²) in [5, 5.41) is 8.45. The van der Waals surface area contributed by atoms with E-state index in [1.807, 2.05) is 35.2 Å². The van der Waals surface area contributed by atoms with Crippen LogP contribution in [0.15, 0.2) is 90.3 Å². The molecule has 5 rings (SSSR count). The molecule has 3 aromatic carbocycles. The first-order valence-electron chi connectivity index (χ1n) is 15.1. The van der Waals surface area contributed by atoms with Crippen LogP contribution < -0.4 is 15.4 Å². The number of carbonyl (C=O) groups is 3. The van der Waals surface area contributed by atoms with Crippen LogP contribution in [0.5, 0.6) is 5.75 Å². The Morgan fingerprint density at radius 3 is 2.28 bits per heavy atom. The monoisotopic (exact) mass is 646 g/mol. The average Bonchev–Trinajstić information content (AvgIpc) is 3.39. The third-order valence-electron chi connectivity index (χ3n) is 8.62. The lowest BCUT2D eigenvalue weighted by Crippen LogP contribution is -2.52. The van der Waals surface area contributed by atoms with E-state index < -0.39 is 45.0 Å². The number of amides is 2. The highest BCUT2D eigenvalue weighted by Gasteiger charge is 2.38. The molecule has 0 saturated carbocycles. The van der Waals surface area contributed by atoms with Crippen molar-refractivity contribution in [2.45, 2.75) is 42.8 Å². The predicted octanol–water partition coefficient (Wildman–Crippen LogP) is 3.29. The normalized spacial score (nSPS) is 17.2. The third kappa shape index (κ3) is 6.77. The number of benzene rings is 3. The third-order valence-corrected chi connectivity index (χ3v) is 10.7. The topological polar surface area (TPSA) is 151 Å². The summed E-state index contributed by atoms with van der Waals surface area (Å²) in [7, 11) is -3.74. The first-order valence-corrected chi connectivity index (χ1v) is 16.6. The number of anilines is 1. The van der Waals surface area contributed by atoms with Gasteiger partial charge < -0.3 is 25.4 Å². The van der Waals surface area contributed by atoms with Gasteiger partial charge in [-0.3, -0.25) is 19.3 Å². The molecule has 3 atom stereocenters. The Kier molecular flexibility index (Phi) is 9.78. The van der Waals surface area contributed by atoms with Gasteiger partial charge in [-0.15, -0.1) is 6.58 Å². The fourth-order valence-corrected chi connectivity index (χ4v) is 7.62. The van der Waals surface area contributed by atoms with Crippen molar-refractivity contribution >= 4 is 33.3 Å². The van der Waals surface area contributed by atoms with Crippen molar-refractivity contribution in [3.8, 4) is 5.75 Å². The number of hydrogen-bond acceptors (Lipinski definition) is 8. The molecule has 2 heterocycles. The number of sulfone groups is 1. The van der Waals surface area contributed by atoms with Gasteiger partial charge in [-0.05, 0) is 48.4 Å². The number of nitrogens with two attached hydrogens (primary N) is 1. The molecule has 46 heavy (non-hydrogen) atoms. The van der Waals surface area contributed by atoms with Crippen LogP contribution in [0.3, 0.4) is 0 Å². The van der Waals surface area contributed by atoms with Gasteiger partial charge >= 0.3 is 5.97 Å². The largest absolute Gasteiger partial charge is 0.489 e. The summed E-state index contributed by atoms with van der Waals surface area (Å²) in [4.78, 5) is 42.4. The van der Waals surface area contributed by atoms with E-state index in [0.717, 1.165) is 11.3 Å². The Morgan fingerprint density at radius 2 is 1.67 bits per heavy atom. The molecule has 242 valence electrons. The number of fused-ring (bicyclic) bond motifs is 1. The molecule has 12 heteroatoms. The van der Waals surface area contributed by atoms with Crippen molar-refractivity contribution < 1.29 is 32.6 Å². The van der Waals surface area contributed by atoms with Crippen molar-refractivity contribution in [1.82, 2.24) is 9.80 Å². The quantitative estimate of drug-likeness (QED) is 0.267. The summed E-state index contributed by atoms with van der Waals surface area (Å²) in [6.45, 7) is 8.01. The smallest absolute Gasteiger partial charge is 0.306 e. The van der Waals surface area contributed by atoms with Crippen molar-refractivity contribution in [3.05, 3.63) is 102 Å². The maximum atomic E-state index is 13.6. The zero-order valence-corrected chi connectivity index (χ0v) is 26.4. The first-order chi connectivity index (χ1) is 22.0. The number of carbonyl (C=O) groups excluding carboxylic acids is 2. The molecule has 1 saturated heterocycles. The van der Waals surface area contributed by atoms with E-state index in [0.29, 0.717) is 43.1 Å². The lowest BCUT2D eigenvalue weighted by atomic mass is 10.0. The van der Waals surface area contributed by atoms with Crippen LogP contribution in [0.25, 0.3) is 0 Å². The molecular weight excluding hydrogens is 608 g/mol. The van der Waals surface area contributed by atoms with Gasteiger partial charge in [-0.2, -0.15) is 0 Å². The van der Waals surface area contributed by atoms with Crippen LogP contribution >= 0.6 is 0 Å². The number of piperazine rings is 1. The van der Waals surface area contributed by atoms with Crippen LogP contribution in [-0.4, -0.2) is 78.7 Å². The summed E-state index contributed by atoms with van der Waals surface area (Å²) < 4.78 is 33.3. The fourth-order valence-electron chi connectivity index (χ4n) is 5.97. The molecule has 2 amide bonds. The molecule has 3 aromatic rings. The van der Waals surface area contributed by atoms with Gasteiger partial charge in [-0.1, -0.05) is 49.4 Å². The summed E-state index contributed by atoms with van der Waals surface area (Å²) in [6.07, 6.45) is 1.38. The molecule has 0 aliphatic carbocycles. The van der Waals surface area contributed by atoms with Crippen molar-refractivity contribution in [3.63, 3.8) is 0 Å². The number of rotatable bonds is 13. The van der Waals surface area contributed by atoms with Crippen molar-refractivity contribution in [2.75, 3.05) is 31.1 Å². The zero-order chi connectivity index (χ0) is 33.0. The molecule has 3 N–H and O–H groups in total. The molecule has 2 aliphatic heterocycles. The van der Waals surface area contributed by atoms with Crippen molar-refractivity contribution in [1.29, 1.82) is 0 Å². The van der Waals surface area contributed by atoms with E-state index in [2.05, 4.69) is 11.5 Å². The second kappa shape index (κ2) is 13.8. The van der Waals surface area contributed by atoms with Gasteiger partial charge in [0, 0.05) is 43.0 Å². The van der Waals surface area contributed by atoms with E-state index in [1.54, 1.807) is 42.5 Å². The molecule has 11 nitrogen and oxygen atoms in total. The van der Waals surface area contributed by atoms with Crippen LogP contribution in [0, 0.1) is 5.92 Å². The van der Waals surface area contributed by atoms with Gasteiger partial charge in [-0.25, -0.2) is 8.42 Å². The zero-order valence-electron chi connectivity index (χ0n) is 25.6. The van der Waals surface area contributed by atoms with Crippen LogP contribution in [0.4, 0.5) is 5.69 Å². The molecule has 0 bridgehead atoms. The van der Waals surface area contributed by atoms with E-state index in [9.17, 15) is 27.9 Å². The number of para-hydroxylation sites is 1. The maximum absolute atomic E-state index is 13.6. The fraction of sp³-hybridized carbons (Fsp3) is 0.324. The highest BCUT2D eigenvalue weighted by atomic mass is 32.2. The number of hydrogen-bond donors (Lipinski definition) is 2. The van der Waals surface area contributed by atoms with E-state index >= 15 is 0 Å². The Hall–Kier alpha value is -4.68. The van der Waals surface area contributed by atoms with E-state index in [1.165, 1.54) is 17.9 Å². The number of aliphatic carboxylic acids is 1. The van der Waals surface area contributed by atoms with Gasteiger partial charge in [0.1, 0.15) is 23.8 Å². The number of primary amides is 1. The summed E-state index contributed by atoms with van der Waals surface area (Å²) in [5.74, 6) is -2.72. The summed E-state index contributed by atoms with van der Waals surface area (Å²) in [6, 6.07) is 20.5. The minimum absolute atomic E-state index is 0.0457. The van der Waals surface area contributed by atoms with Gasteiger partial charge in [0.05, 0.1) is 17.4 Å². The van der Waals surface area contributed by atoms with E-state index in [-0.39, 0.29) is 24.5 Å². The van der Waals surface area contributed by atoms with Gasteiger partial charge in [0.15, 0.2) is 9.84 Å². The Balaban J connectivity index is 1.23. The average molecular weight is 647 g/mol. The second-order valence-electron chi connectivity index (χ2n) is 11.6. The number of nitrogens with zero attached hydrogens (tertiary/aromatic N) is 3. The molecule has 0 spiro atoms. The van der Waals surface area contributed by atoms with Crippen LogP contribution in [0.1, 0.15) is 34.8 Å². The lowest BCUT2D eigenvalue weighted by molar-refractivity contribution is -0.142. The summed E-state index contributed by atoms with van der Waals surface area (Å²) >= 11 is 0. The van der Waals surface area contributed by atoms with Gasteiger partial charge in [0.2, 0.25) is 5.91 Å². The van der Waals surface area contributed by atoms with Crippen LogP contribution in [0.2, 0.25) is 0 Å². The molecular formula is C34H38N4O7S. The molecule has 0 aromatic heterocycles. The van der Waals surface area contributed by atoms with Crippen molar-refractivity contribution in [2.24, 2.45) is 11.7 Å². The molecule has 0 radical (unpaired) electrons. The first kappa shape index (κ1) is 32.7. The molecule has 2 aliphatic rings. The Labute approximate surface area is 268 Å². The lowest BCUT2D eigenvalue weighted by Gasteiger charge is -2.38. The summed E-state index contributed by atoms with van der Waals surface area (Å²) in [5.41, 5.74) is 8.32. The number of ether oxygens (including phenoxy) is 1. The minimum Gasteiger partial charge on any atom is -0.489 e. The number of carboxylic acid groups (broad SMARTS) is 1. The Morgan fingerprint density at radius 1 is 1.00 bits per heavy atom. The predicted molar refractivity (Wildman–Crippen MR) is 173 cm³/mol. The second-order valence-corrected chi connectivity index (χ2v) is 13.6. The molecule has 3 unspecified atom stereocenters. The minimum atomic E-state index is -3.74. The highest BCUT2D eigenvalue weighted by molar-refractivity contribution is 7.92.